The van der Waals surface area contributed by atoms with E-state index in [0.29, 0.717) is 18.9 Å². The number of alkyl halides is 3. The van der Waals surface area contributed by atoms with Gasteiger partial charge < -0.3 is 10.0 Å². The standard InChI is InChI=1S/C12H11F3N4O2/c13-12(14,15)8-6-9-16-7(11(20)21)5-10(19(9)17-8)18-3-1-2-4-18/h5-6H,1-4H2,(H,20,21). The second-order valence-electron chi connectivity index (χ2n) is 4.80. The fraction of sp³-hybridized carbons (Fsp3) is 0.417. The minimum atomic E-state index is -4.60. The van der Waals surface area contributed by atoms with E-state index in [1.807, 2.05) is 4.90 Å². The first-order valence-corrected chi connectivity index (χ1v) is 6.32. The number of aromatic carboxylic acids is 1. The monoisotopic (exact) mass is 300 g/mol. The molecule has 112 valence electrons. The predicted molar refractivity (Wildman–Crippen MR) is 66.4 cm³/mol. The number of fused-ring (bicyclic) bond motifs is 1. The quantitative estimate of drug-likeness (QED) is 0.919. The molecule has 0 atom stereocenters. The molecule has 3 heterocycles. The number of rotatable bonds is 2. The summed E-state index contributed by atoms with van der Waals surface area (Å²) in [5, 5.41) is 12.6. The van der Waals surface area contributed by atoms with Crippen LogP contribution < -0.4 is 4.90 Å². The SMILES string of the molecule is O=C(O)c1cc(N2CCCC2)n2nc(C(F)(F)F)cc2n1. The zero-order valence-electron chi connectivity index (χ0n) is 10.8. The Morgan fingerprint density at radius 3 is 2.48 bits per heavy atom. The largest absolute Gasteiger partial charge is 0.477 e. The van der Waals surface area contributed by atoms with E-state index < -0.39 is 17.8 Å². The van der Waals surface area contributed by atoms with Gasteiger partial charge in [0, 0.05) is 25.2 Å². The predicted octanol–water partition coefficient (Wildman–Crippen LogP) is 2.05. The summed E-state index contributed by atoms with van der Waals surface area (Å²) >= 11 is 0. The van der Waals surface area contributed by atoms with Crippen LogP contribution in [0.2, 0.25) is 0 Å². The number of aromatic nitrogens is 3. The smallest absolute Gasteiger partial charge is 0.435 e. The fourth-order valence-electron chi connectivity index (χ4n) is 2.38. The maximum absolute atomic E-state index is 12.8. The van der Waals surface area contributed by atoms with Crippen LogP contribution in [0, 0.1) is 0 Å². The van der Waals surface area contributed by atoms with Gasteiger partial charge in [-0.15, -0.1) is 0 Å². The first-order valence-electron chi connectivity index (χ1n) is 6.32. The molecule has 3 rings (SSSR count). The van der Waals surface area contributed by atoms with Crippen LogP contribution in [0.15, 0.2) is 12.1 Å². The molecule has 2 aromatic heterocycles. The zero-order valence-corrected chi connectivity index (χ0v) is 10.8. The normalized spacial score (nSPS) is 15.9. The molecule has 1 fully saturated rings. The highest BCUT2D eigenvalue weighted by Gasteiger charge is 2.35. The second kappa shape index (κ2) is 4.61. The minimum Gasteiger partial charge on any atom is -0.477 e. The van der Waals surface area contributed by atoms with E-state index >= 15 is 0 Å². The molecular formula is C12H11F3N4O2. The Balaban J connectivity index is 2.21. The van der Waals surface area contributed by atoms with Crippen LogP contribution in [-0.4, -0.2) is 38.8 Å². The number of carboxylic acids is 1. The van der Waals surface area contributed by atoms with Gasteiger partial charge >= 0.3 is 12.1 Å². The molecule has 0 amide bonds. The van der Waals surface area contributed by atoms with Crippen molar-refractivity contribution in [3.63, 3.8) is 0 Å². The molecule has 1 N–H and O–H groups in total. The van der Waals surface area contributed by atoms with Crippen LogP contribution in [-0.2, 0) is 6.18 Å². The number of anilines is 1. The highest BCUT2D eigenvalue weighted by atomic mass is 19.4. The molecular weight excluding hydrogens is 289 g/mol. The Hall–Kier alpha value is -2.32. The van der Waals surface area contributed by atoms with Crippen molar-refractivity contribution in [3.05, 3.63) is 23.5 Å². The van der Waals surface area contributed by atoms with Crippen molar-refractivity contribution in [2.45, 2.75) is 19.0 Å². The van der Waals surface area contributed by atoms with Crippen molar-refractivity contribution in [1.29, 1.82) is 0 Å². The topological polar surface area (TPSA) is 70.7 Å². The summed E-state index contributed by atoms with van der Waals surface area (Å²) in [6.07, 6.45) is -2.79. The average Bonchev–Trinajstić information content (AvgIpc) is 3.05. The lowest BCUT2D eigenvalue weighted by molar-refractivity contribution is -0.141. The van der Waals surface area contributed by atoms with Crippen LogP contribution in [0.5, 0.6) is 0 Å². The molecule has 6 nitrogen and oxygen atoms in total. The van der Waals surface area contributed by atoms with Gasteiger partial charge in [0.05, 0.1) is 0 Å². The molecule has 9 heteroatoms. The van der Waals surface area contributed by atoms with E-state index in [1.54, 1.807) is 0 Å². The molecule has 1 aliphatic rings. The van der Waals surface area contributed by atoms with E-state index in [9.17, 15) is 18.0 Å². The summed E-state index contributed by atoms with van der Waals surface area (Å²) in [6, 6.07) is 2.01. The third-order valence-corrected chi connectivity index (χ3v) is 3.35. The molecule has 0 saturated carbocycles. The lowest BCUT2D eigenvalue weighted by atomic mass is 10.3. The summed E-state index contributed by atoms with van der Waals surface area (Å²) in [7, 11) is 0. The van der Waals surface area contributed by atoms with E-state index in [1.165, 1.54) is 6.07 Å². The van der Waals surface area contributed by atoms with Crippen molar-refractivity contribution in [3.8, 4) is 0 Å². The van der Waals surface area contributed by atoms with Crippen LogP contribution in [0.3, 0.4) is 0 Å². The lowest BCUT2D eigenvalue weighted by Gasteiger charge is -2.18. The zero-order chi connectivity index (χ0) is 15.2. The number of halogens is 3. The molecule has 0 aromatic carbocycles. The number of carbonyl (C=O) groups is 1. The third-order valence-electron chi connectivity index (χ3n) is 3.35. The maximum atomic E-state index is 12.8. The van der Waals surface area contributed by atoms with E-state index in [2.05, 4.69) is 10.1 Å². The summed E-state index contributed by atoms with van der Waals surface area (Å²) in [5.41, 5.74) is -1.50. The van der Waals surface area contributed by atoms with Gasteiger partial charge in [0.1, 0.15) is 5.82 Å². The molecule has 2 aromatic rings. The minimum absolute atomic E-state index is 0.121. The Bertz CT molecular complexity index is 704. The first kappa shape index (κ1) is 13.7. The third kappa shape index (κ3) is 2.39. The van der Waals surface area contributed by atoms with E-state index in [-0.39, 0.29) is 11.3 Å². The van der Waals surface area contributed by atoms with Gasteiger partial charge in [0.15, 0.2) is 17.0 Å². The molecule has 21 heavy (non-hydrogen) atoms. The first-order chi connectivity index (χ1) is 9.86. The Labute approximate surface area is 116 Å². The van der Waals surface area contributed by atoms with Gasteiger partial charge in [-0.3, -0.25) is 0 Å². The van der Waals surface area contributed by atoms with Crippen LogP contribution in [0.4, 0.5) is 19.0 Å². The Morgan fingerprint density at radius 2 is 1.90 bits per heavy atom. The number of hydrogen-bond donors (Lipinski definition) is 1. The van der Waals surface area contributed by atoms with Crippen LogP contribution in [0.1, 0.15) is 29.0 Å². The molecule has 1 saturated heterocycles. The van der Waals surface area contributed by atoms with Crippen molar-refractivity contribution < 1.29 is 23.1 Å². The van der Waals surface area contributed by atoms with Crippen molar-refractivity contribution >= 4 is 17.4 Å². The number of carboxylic acid groups (broad SMARTS) is 1. The highest BCUT2D eigenvalue weighted by Crippen LogP contribution is 2.30. The Kier molecular flexibility index (Phi) is 2.99. The summed E-state index contributed by atoms with van der Waals surface area (Å²) in [6.45, 7) is 1.30. The van der Waals surface area contributed by atoms with Gasteiger partial charge in [-0.2, -0.15) is 22.8 Å². The fourth-order valence-corrected chi connectivity index (χ4v) is 2.38. The van der Waals surface area contributed by atoms with Gasteiger partial charge in [0.25, 0.3) is 0 Å². The number of hydrogen-bond acceptors (Lipinski definition) is 4. The second-order valence-corrected chi connectivity index (χ2v) is 4.80. The van der Waals surface area contributed by atoms with Crippen molar-refractivity contribution in [1.82, 2.24) is 14.6 Å². The molecule has 0 aliphatic carbocycles. The van der Waals surface area contributed by atoms with Crippen molar-refractivity contribution in [2.75, 3.05) is 18.0 Å². The Morgan fingerprint density at radius 1 is 1.24 bits per heavy atom. The van der Waals surface area contributed by atoms with Gasteiger partial charge in [-0.05, 0) is 12.8 Å². The van der Waals surface area contributed by atoms with Crippen LogP contribution >= 0.6 is 0 Å². The van der Waals surface area contributed by atoms with E-state index in [4.69, 9.17) is 5.11 Å². The summed E-state index contributed by atoms with van der Waals surface area (Å²) < 4.78 is 39.3. The lowest BCUT2D eigenvalue weighted by Crippen LogP contribution is -2.22. The molecule has 0 radical (unpaired) electrons. The average molecular weight is 300 g/mol. The maximum Gasteiger partial charge on any atom is 0.435 e. The van der Waals surface area contributed by atoms with Gasteiger partial charge in [-0.25, -0.2) is 9.78 Å². The van der Waals surface area contributed by atoms with Crippen molar-refractivity contribution in [2.24, 2.45) is 0 Å². The van der Waals surface area contributed by atoms with E-state index in [0.717, 1.165) is 23.4 Å². The molecule has 0 spiro atoms. The summed E-state index contributed by atoms with van der Waals surface area (Å²) in [5.74, 6) is -0.960. The number of nitrogens with zero attached hydrogens (tertiary/aromatic N) is 4. The highest BCUT2D eigenvalue weighted by molar-refractivity contribution is 5.87. The summed E-state index contributed by atoms with van der Waals surface area (Å²) in [4.78, 5) is 16.6. The van der Waals surface area contributed by atoms with Gasteiger partial charge in [-0.1, -0.05) is 0 Å². The molecule has 1 aliphatic heterocycles. The molecule has 0 unspecified atom stereocenters. The van der Waals surface area contributed by atoms with Crippen LogP contribution in [0.25, 0.3) is 5.65 Å². The molecule has 0 bridgehead atoms. The van der Waals surface area contributed by atoms with Gasteiger partial charge in [0.2, 0.25) is 0 Å².